The van der Waals surface area contributed by atoms with Crippen molar-refractivity contribution >= 4 is 5.97 Å². The number of carbonyl (C=O) groups is 1. The van der Waals surface area contributed by atoms with Gasteiger partial charge in [-0.2, -0.15) is 0 Å². The van der Waals surface area contributed by atoms with E-state index in [2.05, 4.69) is 0 Å². The van der Waals surface area contributed by atoms with Gasteiger partial charge in [0.2, 0.25) is 0 Å². The summed E-state index contributed by atoms with van der Waals surface area (Å²) in [6, 6.07) is 21.6. The largest absolute Gasteiger partial charge is 0.461 e. The minimum Gasteiger partial charge on any atom is -0.461 e. The molecule has 3 fully saturated rings. The SMILES string of the molecule is CC(C(=O)OC1CC2CCC(C1)[N+]21CC1)(c1ccccc1)c1ccccc1. The highest BCUT2D eigenvalue weighted by Gasteiger charge is 2.62. The Labute approximate surface area is 161 Å². The molecule has 27 heavy (non-hydrogen) atoms. The summed E-state index contributed by atoms with van der Waals surface area (Å²) < 4.78 is 7.55. The van der Waals surface area contributed by atoms with Crippen LogP contribution in [0.25, 0.3) is 0 Å². The van der Waals surface area contributed by atoms with Crippen LogP contribution >= 0.6 is 0 Å². The van der Waals surface area contributed by atoms with Crippen molar-refractivity contribution in [1.82, 2.24) is 0 Å². The summed E-state index contributed by atoms with van der Waals surface area (Å²) in [5.41, 5.74) is 1.22. The number of hydrogen-bond donors (Lipinski definition) is 0. The third kappa shape index (κ3) is 2.63. The first kappa shape index (κ1) is 17.0. The highest BCUT2D eigenvalue weighted by molar-refractivity contribution is 5.87. The fraction of sp³-hybridized carbons (Fsp3) is 0.458. The van der Waals surface area contributed by atoms with Gasteiger partial charge in [0.05, 0.1) is 12.1 Å². The third-order valence-electron chi connectivity index (χ3n) is 7.48. The van der Waals surface area contributed by atoms with Crippen LogP contribution in [-0.2, 0) is 14.9 Å². The maximum Gasteiger partial charge on any atom is 0.321 e. The molecule has 3 aliphatic rings. The number of quaternary nitrogens is 1. The van der Waals surface area contributed by atoms with Crippen LogP contribution in [0.5, 0.6) is 0 Å². The smallest absolute Gasteiger partial charge is 0.321 e. The highest BCUT2D eigenvalue weighted by Crippen LogP contribution is 2.49. The number of benzene rings is 2. The molecule has 3 heterocycles. The van der Waals surface area contributed by atoms with Crippen LogP contribution in [0.1, 0.15) is 43.7 Å². The van der Waals surface area contributed by atoms with Crippen molar-refractivity contribution in [2.75, 3.05) is 13.1 Å². The molecule has 0 aromatic heterocycles. The number of carbonyl (C=O) groups excluding carboxylic acids is 1. The topological polar surface area (TPSA) is 26.3 Å². The summed E-state index contributed by atoms with van der Waals surface area (Å²) in [5.74, 6) is -0.108. The van der Waals surface area contributed by atoms with Crippen LogP contribution in [0.4, 0.5) is 0 Å². The summed E-state index contributed by atoms with van der Waals surface area (Å²) in [6.07, 6.45) is 4.79. The van der Waals surface area contributed by atoms with Gasteiger partial charge in [-0.25, -0.2) is 0 Å². The Balaban J connectivity index is 1.42. The maximum atomic E-state index is 13.5. The Morgan fingerprint density at radius 3 is 1.81 bits per heavy atom. The zero-order valence-electron chi connectivity index (χ0n) is 16.0. The lowest BCUT2D eigenvalue weighted by atomic mass is 9.76. The van der Waals surface area contributed by atoms with E-state index >= 15 is 0 Å². The summed E-state index contributed by atoms with van der Waals surface area (Å²) in [5, 5.41) is 0. The molecule has 3 nitrogen and oxygen atoms in total. The van der Waals surface area contributed by atoms with E-state index in [9.17, 15) is 4.79 Å². The maximum absolute atomic E-state index is 13.5. The fourth-order valence-corrected chi connectivity index (χ4v) is 5.71. The first-order chi connectivity index (χ1) is 13.1. The van der Waals surface area contributed by atoms with E-state index in [-0.39, 0.29) is 12.1 Å². The average Bonchev–Trinajstić information content (AvgIpc) is 3.47. The lowest BCUT2D eigenvalue weighted by molar-refractivity contribution is -0.846. The molecule has 0 saturated carbocycles. The molecule has 0 N–H and O–H groups in total. The van der Waals surface area contributed by atoms with Gasteiger partial charge in [-0.05, 0) is 18.1 Å². The number of rotatable bonds is 4. The molecule has 2 aromatic carbocycles. The van der Waals surface area contributed by atoms with E-state index < -0.39 is 5.41 Å². The first-order valence-corrected chi connectivity index (χ1v) is 10.3. The van der Waals surface area contributed by atoms with Crippen LogP contribution in [0, 0.1) is 0 Å². The van der Waals surface area contributed by atoms with Crippen LogP contribution in [0.15, 0.2) is 60.7 Å². The summed E-state index contributed by atoms with van der Waals surface area (Å²) >= 11 is 0. The molecular formula is C24H28NO2+. The molecule has 0 amide bonds. The molecule has 140 valence electrons. The van der Waals surface area contributed by atoms with Crippen molar-refractivity contribution in [3.05, 3.63) is 71.8 Å². The monoisotopic (exact) mass is 362 g/mol. The molecule has 0 radical (unpaired) electrons. The van der Waals surface area contributed by atoms with Crippen molar-refractivity contribution in [1.29, 1.82) is 0 Å². The summed E-state index contributed by atoms with van der Waals surface area (Å²) in [7, 11) is 0. The second-order valence-corrected chi connectivity index (χ2v) is 8.79. The lowest BCUT2D eigenvalue weighted by Gasteiger charge is -2.38. The van der Waals surface area contributed by atoms with Crippen molar-refractivity contribution in [2.24, 2.45) is 0 Å². The summed E-state index contributed by atoms with van der Waals surface area (Å²) in [4.78, 5) is 13.5. The van der Waals surface area contributed by atoms with Crippen LogP contribution in [-0.4, -0.2) is 41.7 Å². The molecule has 0 aliphatic carbocycles. The van der Waals surface area contributed by atoms with Gasteiger partial charge >= 0.3 is 5.97 Å². The van der Waals surface area contributed by atoms with E-state index in [4.69, 9.17) is 4.74 Å². The van der Waals surface area contributed by atoms with E-state index in [1.807, 2.05) is 67.6 Å². The van der Waals surface area contributed by atoms with E-state index in [0.717, 1.165) is 36.1 Å². The Morgan fingerprint density at radius 2 is 1.37 bits per heavy atom. The fourth-order valence-electron chi connectivity index (χ4n) is 5.71. The predicted molar refractivity (Wildman–Crippen MR) is 105 cm³/mol. The van der Waals surface area contributed by atoms with Gasteiger partial charge in [-0.1, -0.05) is 60.7 Å². The van der Waals surface area contributed by atoms with Crippen molar-refractivity contribution in [3.8, 4) is 0 Å². The second kappa shape index (κ2) is 6.20. The predicted octanol–water partition coefficient (Wildman–Crippen LogP) is 4.06. The molecular weight excluding hydrogens is 334 g/mol. The zero-order valence-corrected chi connectivity index (χ0v) is 16.0. The molecule has 2 bridgehead atoms. The van der Waals surface area contributed by atoms with Gasteiger partial charge in [0, 0.05) is 25.7 Å². The first-order valence-electron chi connectivity index (χ1n) is 10.3. The Morgan fingerprint density at radius 1 is 0.889 bits per heavy atom. The second-order valence-electron chi connectivity index (χ2n) is 8.79. The van der Waals surface area contributed by atoms with E-state index in [1.54, 1.807) is 0 Å². The Hall–Kier alpha value is -2.13. The highest BCUT2D eigenvalue weighted by atomic mass is 16.5. The average molecular weight is 362 g/mol. The van der Waals surface area contributed by atoms with Crippen molar-refractivity contribution in [3.63, 3.8) is 0 Å². The van der Waals surface area contributed by atoms with Gasteiger partial charge in [0.25, 0.3) is 0 Å². The Bertz CT molecular complexity index is 772. The van der Waals surface area contributed by atoms with Crippen LogP contribution in [0.2, 0.25) is 0 Å². The number of nitrogens with zero attached hydrogens (tertiary/aromatic N) is 1. The zero-order chi connectivity index (χ0) is 18.5. The van der Waals surface area contributed by atoms with Gasteiger partial charge in [0.1, 0.15) is 24.6 Å². The minimum absolute atomic E-state index is 0.0751. The molecule has 2 unspecified atom stereocenters. The molecule has 3 aliphatic heterocycles. The van der Waals surface area contributed by atoms with Gasteiger partial charge in [0.15, 0.2) is 0 Å². The molecule has 5 rings (SSSR count). The molecule has 2 atom stereocenters. The van der Waals surface area contributed by atoms with Gasteiger partial charge in [-0.3, -0.25) is 4.79 Å². The minimum atomic E-state index is -0.773. The van der Waals surface area contributed by atoms with Crippen LogP contribution < -0.4 is 0 Å². The lowest BCUT2D eigenvalue weighted by Crippen LogP contribution is -2.49. The normalized spacial score (nSPS) is 28.1. The van der Waals surface area contributed by atoms with Gasteiger partial charge < -0.3 is 9.22 Å². The molecule has 1 spiro atoms. The van der Waals surface area contributed by atoms with Crippen molar-refractivity contribution in [2.45, 2.75) is 56.2 Å². The standard InChI is InChI=1S/C24H28NO2/c1-24(18-8-4-2-5-9-18,19-10-6-3-7-11-19)23(26)27-22-16-20-12-13-21(17-22)25(20)14-15-25/h2-11,20-22H,12-17H2,1H3/q+1. The van der Waals surface area contributed by atoms with E-state index in [1.165, 1.54) is 30.4 Å². The van der Waals surface area contributed by atoms with Crippen molar-refractivity contribution < 1.29 is 14.0 Å². The summed E-state index contributed by atoms with van der Waals surface area (Å²) in [6.45, 7) is 4.71. The molecule has 2 aromatic rings. The Kier molecular flexibility index (Phi) is 3.90. The number of piperidine rings is 1. The van der Waals surface area contributed by atoms with Crippen LogP contribution in [0.3, 0.4) is 0 Å². The van der Waals surface area contributed by atoms with E-state index in [0.29, 0.717) is 0 Å². The quantitative estimate of drug-likeness (QED) is 0.466. The third-order valence-corrected chi connectivity index (χ3v) is 7.48. The number of ether oxygens (including phenoxy) is 1. The molecule has 3 heteroatoms. The van der Waals surface area contributed by atoms with Gasteiger partial charge in [-0.15, -0.1) is 0 Å². The number of hydrogen-bond acceptors (Lipinski definition) is 2. The number of esters is 1. The molecule has 3 saturated heterocycles.